The molecule has 4 aliphatic carbocycles. The fourth-order valence-corrected chi connectivity index (χ4v) is 8.19. The lowest BCUT2D eigenvalue weighted by molar-refractivity contribution is -0.280. The van der Waals surface area contributed by atoms with Gasteiger partial charge in [0.05, 0.1) is 23.7 Å². The quantitative estimate of drug-likeness (QED) is 0.323. The second-order valence-electron chi connectivity index (χ2n) is 10.9. The lowest BCUT2D eigenvalue weighted by atomic mass is 9.57. The molecule has 7 nitrogen and oxygen atoms in total. The summed E-state index contributed by atoms with van der Waals surface area (Å²) in [5, 5.41) is 67.4. The molecule has 4 saturated carbocycles. The average molecular weight is 384 g/mol. The summed E-state index contributed by atoms with van der Waals surface area (Å²) in [4.78, 5) is 0. The zero-order valence-corrected chi connectivity index (χ0v) is 16.3. The van der Waals surface area contributed by atoms with E-state index in [0.29, 0.717) is 6.42 Å². The Hall–Kier alpha value is -0.280. The van der Waals surface area contributed by atoms with E-state index >= 15 is 0 Å². The molecule has 13 atom stereocenters. The fraction of sp³-hybridized carbons (Fsp3) is 1.00. The Bertz CT molecular complexity index is 683. The van der Waals surface area contributed by atoms with E-state index in [9.17, 15) is 30.6 Å². The lowest BCUT2D eigenvalue weighted by Crippen LogP contribution is -2.63. The molecule has 2 bridgehead atoms. The normalized spacial score (nSPS) is 68.7. The first kappa shape index (κ1) is 18.7. The van der Waals surface area contributed by atoms with Crippen molar-refractivity contribution in [2.45, 2.75) is 82.4 Å². The molecule has 7 heteroatoms. The van der Waals surface area contributed by atoms with Gasteiger partial charge in [-0.25, -0.2) is 0 Å². The van der Waals surface area contributed by atoms with E-state index in [1.54, 1.807) is 13.8 Å². The van der Waals surface area contributed by atoms with E-state index in [-0.39, 0.29) is 29.6 Å². The molecular formula is C20H32O7. The van der Waals surface area contributed by atoms with Crippen molar-refractivity contribution in [3.63, 3.8) is 0 Å². The minimum Gasteiger partial charge on any atom is -0.392 e. The average Bonchev–Trinajstić information content (AvgIpc) is 2.88. The minimum absolute atomic E-state index is 0.0457. The first-order valence-corrected chi connectivity index (χ1v) is 10.2. The lowest BCUT2D eigenvalue weighted by Gasteiger charge is -2.49. The zero-order valence-electron chi connectivity index (χ0n) is 16.3. The van der Waals surface area contributed by atoms with Crippen LogP contribution in [0.3, 0.4) is 0 Å². The van der Waals surface area contributed by atoms with E-state index in [2.05, 4.69) is 13.8 Å². The van der Waals surface area contributed by atoms with Gasteiger partial charge in [0.25, 0.3) is 0 Å². The zero-order chi connectivity index (χ0) is 19.9. The van der Waals surface area contributed by atoms with Gasteiger partial charge < -0.3 is 35.4 Å². The number of aliphatic hydroxyl groups is 6. The summed E-state index contributed by atoms with van der Waals surface area (Å²) >= 11 is 0. The van der Waals surface area contributed by atoms with Crippen LogP contribution in [0.1, 0.15) is 40.5 Å². The minimum atomic E-state index is -1.74. The number of ether oxygens (including phenoxy) is 1. The van der Waals surface area contributed by atoms with Crippen LogP contribution in [-0.4, -0.2) is 72.5 Å². The summed E-state index contributed by atoms with van der Waals surface area (Å²) in [6.07, 6.45) is -5.80. The van der Waals surface area contributed by atoms with Crippen LogP contribution in [0.4, 0.5) is 0 Å². The molecule has 0 amide bonds. The molecule has 1 heterocycles. The van der Waals surface area contributed by atoms with Gasteiger partial charge in [0.15, 0.2) is 6.29 Å². The van der Waals surface area contributed by atoms with E-state index in [4.69, 9.17) is 4.74 Å². The maximum Gasteiger partial charge on any atom is 0.166 e. The largest absolute Gasteiger partial charge is 0.392 e. The molecule has 1 unspecified atom stereocenters. The van der Waals surface area contributed by atoms with Crippen LogP contribution in [0.5, 0.6) is 0 Å². The Balaban J connectivity index is 1.76. The Morgan fingerprint density at radius 3 is 2.22 bits per heavy atom. The molecule has 1 saturated heterocycles. The molecule has 0 radical (unpaired) electrons. The number of hydrogen-bond acceptors (Lipinski definition) is 7. The first-order chi connectivity index (χ1) is 12.4. The van der Waals surface area contributed by atoms with Crippen molar-refractivity contribution in [1.29, 1.82) is 0 Å². The predicted molar refractivity (Wildman–Crippen MR) is 93.0 cm³/mol. The molecule has 5 rings (SSSR count). The Morgan fingerprint density at radius 2 is 1.59 bits per heavy atom. The van der Waals surface area contributed by atoms with Gasteiger partial charge in [-0.2, -0.15) is 0 Å². The van der Waals surface area contributed by atoms with E-state index in [1.165, 1.54) is 0 Å². The highest BCUT2D eigenvalue weighted by molar-refractivity contribution is 5.31. The third-order valence-electron chi connectivity index (χ3n) is 9.55. The highest BCUT2D eigenvalue weighted by Crippen LogP contribution is 2.78. The van der Waals surface area contributed by atoms with Crippen LogP contribution >= 0.6 is 0 Å². The van der Waals surface area contributed by atoms with Crippen LogP contribution in [0, 0.1) is 40.4 Å². The third-order valence-corrected chi connectivity index (χ3v) is 9.55. The topological polar surface area (TPSA) is 131 Å². The predicted octanol–water partition coefficient (Wildman–Crippen LogP) is -0.783. The molecule has 154 valence electrons. The first-order valence-electron chi connectivity index (χ1n) is 10.2. The Morgan fingerprint density at radius 1 is 0.963 bits per heavy atom. The molecule has 0 aromatic rings. The van der Waals surface area contributed by atoms with Crippen LogP contribution in [0.25, 0.3) is 0 Å². The van der Waals surface area contributed by atoms with E-state index in [1.807, 2.05) is 0 Å². The molecule has 5 fully saturated rings. The van der Waals surface area contributed by atoms with Crippen molar-refractivity contribution in [2.75, 3.05) is 0 Å². The molecule has 6 N–H and O–H groups in total. The van der Waals surface area contributed by atoms with Gasteiger partial charge in [0.1, 0.15) is 17.3 Å². The van der Waals surface area contributed by atoms with Gasteiger partial charge in [-0.15, -0.1) is 0 Å². The number of hydrogen-bond donors (Lipinski definition) is 6. The van der Waals surface area contributed by atoms with Gasteiger partial charge in [0.2, 0.25) is 0 Å². The summed E-state index contributed by atoms with van der Waals surface area (Å²) in [6.45, 7) is 7.64. The second-order valence-corrected chi connectivity index (χ2v) is 10.9. The molecule has 0 aromatic heterocycles. The molecule has 0 aromatic carbocycles. The van der Waals surface area contributed by atoms with Crippen molar-refractivity contribution in [3.05, 3.63) is 0 Å². The van der Waals surface area contributed by atoms with Crippen molar-refractivity contribution < 1.29 is 35.4 Å². The van der Waals surface area contributed by atoms with Crippen LogP contribution < -0.4 is 0 Å². The SMILES string of the molecule is C[C@H]1C[C@@]2(O)[C@H]([C@H]1O)[C@@H](O)[C@@]13C(O)O[C@@](C)([C@H]2O)[C@@H]1[C@@H]1[C@H](C[C@H]3O)C1(C)C. The number of fused-ring (bicyclic) bond motifs is 2. The summed E-state index contributed by atoms with van der Waals surface area (Å²) in [6, 6.07) is 0. The maximum atomic E-state index is 11.5. The standard InChI is InChI=1S/C20H32O7/c1-7-6-19(26)11(12(7)22)14(23)20-9(21)5-8-10(17(8,2)3)13(20)18(4,15(19)24)27-16(20)25/h7-16,21-26H,5-6H2,1-4H3/t7-,8-,9+,10-,11+,12-,13-,14+,15+,16?,18+,19+,20-/m0/s1. The summed E-state index contributed by atoms with van der Waals surface area (Å²) in [5.41, 5.74) is -4.63. The summed E-state index contributed by atoms with van der Waals surface area (Å²) < 4.78 is 5.92. The summed E-state index contributed by atoms with van der Waals surface area (Å²) in [7, 11) is 0. The van der Waals surface area contributed by atoms with E-state index < -0.39 is 59.2 Å². The van der Waals surface area contributed by atoms with Crippen molar-refractivity contribution in [2.24, 2.45) is 40.4 Å². The maximum absolute atomic E-state index is 11.5. The highest BCUT2D eigenvalue weighted by Gasteiger charge is 2.85. The van der Waals surface area contributed by atoms with Crippen LogP contribution in [-0.2, 0) is 4.74 Å². The highest BCUT2D eigenvalue weighted by atomic mass is 16.6. The summed E-state index contributed by atoms with van der Waals surface area (Å²) in [5.74, 6) is -1.66. The van der Waals surface area contributed by atoms with Gasteiger partial charge >= 0.3 is 0 Å². The third kappa shape index (κ3) is 1.72. The van der Waals surface area contributed by atoms with Crippen LogP contribution in [0.15, 0.2) is 0 Å². The Labute approximate surface area is 159 Å². The molecule has 27 heavy (non-hydrogen) atoms. The second kappa shape index (κ2) is 4.89. The van der Waals surface area contributed by atoms with Crippen LogP contribution in [0.2, 0.25) is 0 Å². The molecule has 1 aliphatic heterocycles. The molecular weight excluding hydrogens is 352 g/mol. The monoisotopic (exact) mass is 384 g/mol. The number of aliphatic hydroxyl groups excluding tert-OH is 5. The van der Waals surface area contributed by atoms with Crippen molar-refractivity contribution in [3.8, 4) is 0 Å². The van der Waals surface area contributed by atoms with Gasteiger partial charge in [-0.05, 0) is 42.9 Å². The van der Waals surface area contributed by atoms with Gasteiger partial charge in [0, 0.05) is 11.8 Å². The van der Waals surface area contributed by atoms with E-state index in [0.717, 1.165) is 0 Å². The fourth-order valence-electron chi connectivity index (χ4n) is 8.19. The van der Waals surface area contributed by atoms with Gasteiger partial charge in [-0.3, -0.25) is 0 Å². The van der Waals surface area contributed by atoms with Crippen molar-refractivity contribution in [1.82, 2.24) is 0 Å². The number of rotatable bonds is 0. The van der Waals surface area contributed by atoms with Gasteiger partial charge in [-0.1, -0.05) is 20.8 Å². The smallest absolute Gasteiger partial charge is 0.166 e. The molecule has 5 aliphatic rings. The molecule has 0 spiro atoms. The Kier molecular flexibility index (Phi) is 3.39. The van der Waals surface area contributed by atoms with Crippen molar-refractivity contribution >= 4 is 0 Å².